The van der Waals surface area contributed by atoms with Crippen molar-refractivity contribution in [1.29, 1.82) is 0 Å². The lowest BCUT2D eigenvalue weighted by Crippen LogP contribution is -2.12. The van der Waals surface area contributed by atoms with Crippen molar-refractivity contribution in [2.45, 2.75) is 26.2 Å². The van der Waals surface area contributed by atoms with E-state index in [4.69, 9.17) is 0 Å². The molecule has 2 aromatic carbocycles. The van der Waals surface area contributed by atoms with E-state index in [1.54, 1.807) is 24.3 Å². The Morgan fingerprint density at radius 3 is 2.39 bits per heavy atom. The van der Waals surface area contributed by atoms with Crippen molar-refractivity contribution in [3.63, 3.8) is 0 Å². The van der Waals surface area contributed by atoms with Gasteiger partial charge >= 0.3 is 5.97 Å². The van der Waals surface area contributed by atoms with Gasteiger partial charge in [-0.1, -0.05) is 24.3 Å². The van der Waals surface area contributed by atoms with E-state index < -0.39 is 0 Å². The molecule has 0 saturated carbocycles. The van der Waals surface area contributed by atoms with Crippen LogP contribution in [0.2, 0.25) is 0 Å². The normalized spacial score (nSPS) is 10.2. The molecule has 0 unspecified atom stereocenters. The van der Waals surface area contributed by atoms with Crippen LogP contribution in [0.1, 0.15) is 34.3 Å². The number of amides is 1. The molecule has 23 heavy (non-hydrogen) atoms. The smallest absolute Gasteiger partial charge is 0.337 e. The average Bonchev–Trinajstić information content (AvgIpc) is 2.56. The van der Waals surface area contributed by atoms with Crippen LogP contribution >= 0.6 is 0 Å². The standard InChI is InChI=1S/C19H21NO3/c1-14-6-3-4-7-15(14)8-5-9-18(21)20-17-12-10-16(11-13-17)19(22)23-2/h3-4,6-7,10-13H,5,8-9H2,1-2H3,(H,20,21). The van der Waals surface area contributed by atoms with Gasteiger partial charge in [-0.3, -0.25) is 4.79 Å². The second kappa shape index (κ2) is 8.13. The maximum absolute atomic E-state index is 12.0. The zero-order chi connectivity index (χ0) is 16.7. The third kappa shape index (κ3) is 4.95. The fourth-order valence-corrected chi connectivity index (χ4v) is 2.36. The lowest BCUT2D eigenvalue weighted by Gasteiger charge is -2.07. The molecular formula is C19H21NO3. The van der Waals surface area contributed by atoms with Gasteiger partial charge in [0.1, 0.15) is 0 Å². The maximum Gasteiger partial charge on any atom is 0.337 e. The molecule has 1 N–H and O–H groups in total. The van der Waals surface area contributed by atoms with Gasteiger partial charge in [-0.15, -0.1) is 0 Å². The highest BCUT2D eigenvalue weighted by molar-refractivity contribution is 5.93. The molecule has 0 spiro atoms. The molecular weight excluding hydrogens is 290 g/mol. The van der Waals surface area contributed by atoms with Gasteiger partial charge in [0.05, 0.1) is 12.7 Å². The Kier molecular flexibility index (Phi) is 5.92. The van der Waals surface area contributed by atoms with Gasteiger partial charge in [-0.25, -0.2) is 4.79 Å². The summed E-state index contributed by atoms with van der Waals surface area (Å²) in [6, 6.07) is 14.9. The van der Waals surface area contributed by atoms with E-state index in [2.05, 4.69) is 29.1 Å². The fraction of sp³-hybridized carbons (Fsp3) is 0.263. The predicted octanol–water partition coefficient (Wildman–Crippen LogP) is 3.74. The zero-order valence-electron chi connectivity index (χ0n) is 13.5. The van der Waals surface area contributed by atoms with Gasteiger partial charge in [0, 0.05) is 12.1 Å². The van der Waals surface area contributed by atoms with Crippen LogP contribution in [0.4, 0.5) is 5.69 Å². The Bertz CT molecular complexity index is 677. The molecule has 0 aromatic heterocycles. The molecule has 0 bridgehead atoms. The molecule has 0 aliphatic rings. The minimum absolute atomic E-state index is 0.0237. The van der Waals surface area contributed by atoms with Crippen LogP contribution in [-0.4, -0.2) is 19.0 Å². The Morgan fingerprint density at radius 2 is 1.74 bits per heavy atom. The van der Waals surface area contributed by atoms with E-state index in [0.717, 1.165) is 12.8 Å². The van der Waals surface area contributed by atoms with Crippen molar-refractivity contribution < 1.29 is 14.3 Å². The number of benzene rings is 2. The Morgan fingerprint density at radius 1 is 1.04 bits per heavy atom. The Balaban J connectivity index is 1.81. The van der Waals surface area contributed by atoms with Gasteiger partial charge in [-0.05, 0) is 55.2 Å². The number of nitrogens with one attached hydrogen (secondary N) is 1. The number of methoxy groups -OCH3 is 1. The summed E-state index contributed by atoms with van der Waals surface area (Å²) >= 11 is 0. The van der Waals surface area contributed by atoms with Crippen molar-refractivity contribution >= 4 is 17.6 Å². The maximum atomic E-state index is 12.0. The topological polar surface area (TPSA) is 55.4 Å². The number of aryl methyl sites for hydroxylation is 2. The number of carbonyl (C=O) groups is 2. The number of carbonyl (C=O) groups excluding carboxylic acids is 2. The van der Waals surface area contributed by atoms with Gasteiger partial charge in [0.15, 0.2) is 0 Å². The minimum atomic E-state index is -0.388. The van der Waals surface area contributed by atoms with Crippen LogP contribution in [-0.2, 0) is 16.0 Å². The highest BCUT2D eigenvalue weighted by Crippen LogP contribution is 2.13. The van der Waals surface area contributed by atoms with Crippen LogP contribution in [0.5, 0.6) is 0 Å². The van der Waals surface area contributed by atoms with Crippen molar-refractivity contribution in [3.8, 4) is 0 Å². The van der Waals surface area contributed by atoms with E-state index in [1.807, 2.05) is 12.1 Å². The summed E-state index contributed by atoms with van der Waals surface area (Å²) in [6.07, 6.45) is 2.16. The van der Waals surface area contributed by atoms with E-state index in [1.165, 1.54) is 18.2 Å². The molecule has 2 rings (SSSR count). The molecule has 0 heterocycles. The summed E-state index contributed by atoms with van der Waals surface area (Å²) in [5, 5.41) is 2.84. The number of ether oxygens (including phenoxy) is 1. The molecule has 2 aromatic rings. The van der Waals surface area contributed by atoms with Crippen molar-refractivity contribution in [2.75, 3.05) is 12.4 Å². The number of rotatable bonds is 6. The van der Waals surface area contributed by atoms with Crippen LogP contribution in [0.15, 0.2) is 48.5 Å². The van der Waals surface area contributed by atoms with Gasteiger partial charge in [0.25, 0.3) is 0 Å². The van der Waals surface area contributed by atoms with Crippen molar-refractivity contribution in [2.24, 2.45) is 0 Å². The van der Waals surface area contributed by atoms with Crippen molar-refractivity contribution in [1.82, 2.24) is 0 Å². The molecule has 0 radical (unpaired) electrons. The highest BCUT2D eigenvalue weighted by Gasteiger charge is 2.07. The Labute approximate surface area is 136 Å². The third-order valence-electron chi connectivity index (χ3n) is 3.70. The number of anilines is 1. The SMILES string of the molecule is COC(=O)c1ccc(NC(=O)CCCc2ccccc2C)cc1. The molecule has 4 nitrogen and oxygen atoms in total. The molecule has 120 valence electrons. The Hall–Kier alpha value is -2.62. The highest BCUT2D eigenvalue weighted by atomic mass is 16.5. The lowest BCUT2D eigenvalue weighted by atomic mass is 10.0. The monoisotopic (exact) mass is 311 g/mol. The van der Waals surface area contributed by atoms with E-state index in [0.29, 0.717) is 17.7 Å². The van der Waals surface area contributed by atoms with Crippen LogP contribution < -0.4 is 5.32 Å². The molecule has 0 saturated heterocycles. The first-order chi connectivity index (χ1) is 11.1. The predicted molar refractivity (Wildman–Crippen MR) is 90.5 cm³/mol. The van der Waals surface area contributed by atoms with Crippen LogP contribution in [0.3, 0.4) is 0 Å². The minimum Gasteiger partial charge on any atom is -0.465 e. The lowest BCUT2D eigenvalue weighted by molar-refractivity contribution is -0.116. The van der Waals surface area contributed by atoms with Crippen molar-refractivity contribution in [3.05, 3.63) is 65.2 Å². The quantitative estimate of drug-likeness (QED) is 0.827. The number of esters is 1. The molecule has 0 fully saturated rings. The van der Waals surface area contributed by atoms with E-state index in [9.17, 15) is 9.59 Å². The summed E-state index contributed by atoms with van der Waals surface area (Å²) in [4.78, 5) is 23.3. The molecule has 1 amide bonds. The number of hydrogen-bond acceptors (Lipinski definition) is 3. The summed E-state index contributed by atoms with van der Waals surface area (Å²) in [5.74, 6) is -0.412. The largest absolute Gasteiger partial charge is 0.465 e. The average molecular weight is 311 g/mol. The molecule has 4 heteroatoms. The van der Waals surface area contributed by atoms with Gasteiger partial charge in [0.2, 0.25) is 5.91 Å². The summed E-state index contributed by atoms with van der Waals surface area (Å²) in [5.41, 5.74) is 3.68. The fourth-order valence-electron chi connectivity index (χ4n) is 2.36. The summed E-state index contributed by atoms with van der Waals surface area (Å²) in [7, 11) is 1.34. The van der Waals surface area contributed by atoms with Gasteiger partial charge in [-0.2, -0.15) is 0 Å². The first-order valence-electron chi connectivity index (χ1n) is 7.63. The number of hydrogen-bond donors (Lipinski definition) is 1. The van der Waals surface area contributed by atoms with E-state index in [-0.39, 0.29) is 11.9 Å². The summed E-state index contributed by atoms with van der Waals surface area (Å²) in [6.45, 7) is 2.08. The first-order valence-corrected chi connectivity index (χ1v) is 7.63. The summed E-state index contributed by atoms with van der Waals surface area (Å²) < 4.78 is 4.64. The second-order valence-electron chi connectivity index (χ2n) is 5.40. The van der Waals surface area contributed by atoms with Crippen LogP contribution in [0.25, 0.3) is 0 Å². The van der Waals surface area contributed by atoms with Gasteiger partial charge < -0.3 is 10.1 Å². The third-order valence-corrected chi connectivity index (χ3v) is 3.70. The molecule has 0 aliphatic heterocycles. The zero-order valence-corrected chi connectivity index (χ0v) is 13.5. The second-order valence-corrected chi connectivity index (χ2v) is 5.40. The molecule has 0 aliphatic carbocycles. The van der Waals surface area contributed by atoms with E-state index >= 15 is 0 Å². The molecule has 0 atom stereocenters. The first kappa shape index (κ1) is 16.7. The van der Waals surface area contributed by atoms with Crippen LogP contribution in [0, 0.1) is 6.92 Å².